The molecule has 0 saturated heterocycles. The van der Waals surface area contributed by atoms with E-state index < -0.39 is 17.7 Å². The third kappa shape index (κ3) is 2.94. The Morgan fingerprint density at radius 1 is 1.22 bits per heavy atom. The minimum atomic E-state index is -0.554. The van der Waals surface area contributed by atoms with Gasteiger partial charge in [-0.25, -0.2) is 9.18 Å². The highest BCUT2D eigenvalue weighted by atomic mass is 32.2. The summed E-state index contributed by atoms with van der Waals surface area (Å²) in [6.45, 7) is 0.454. The van der Waals surface area contributed by atoms with E-state index in [0.717, 1.165) is 4.90 Å². The van der Waals surface area contributed by atoms with Crippen LogP contribution in [0.5, 0.6) is 0 Å². The van der Waals surface area contributed by atoms with Gasteiger partial charge in [0.1, 0.15) is 5.82 Å². The number of hydrogen-bond donors (Lipinski definition) is 0. The summed E-state index contributed by atoms with van der Waals surface area (Å²) in [5.41, 5.74) is 0.992. The number of methoxy groups -OCH3 is 1. The maximum atomic E-state index is 13.9. The van der Waals surface area contributed by atoms with Gasteiger partial charge in [0.25, 0.3) is 5.91 Å². The normalized spacial score (nSPS) is 13.4. The maximum absolute atomic E-state index is 13.9. The zero-order chi connectivity index (χ0) is 16.4. The van der Waals surface area contributed by atoms with Crippen LogP contribution in [0.3, 0.4) is 0 Å². The maximum Gasteiger partial charge on any atom is 0.337 e. The molecule has 2 aromatic rings. The SMILES string of the molecule is COC(=O)c1ccc2c(c1)N(C(=O)c1ccccc1F)CCS2. The molecule has 0 fully saturated rings. The van der Waals surface area contributed by atoms with Gasteiger partial charge in [-0.15, -0.1) is 11.8 Å². The van der Waals surface area contributed by atoms with E-state index in [2.05, 4.69) is 0 Å². The number of carbonyl (C=O) groups excluding carboxylic acids is 2. The number of halogens is 1. The predicted molar refractivity (Wildman–Crippen MR) is 86.6 cm³/mol. The second kappa shape index (κ2) is 6.42. The van der Waals surface area contributed by atoms with E-state index in [0.29, 0.717) is 23.5 Å². The number of anilines is 1. The molecule has 0 spiro atoms. The molecule has 4 nitrogen and oxygen atoms in total. The van der Waals surface area contributed by atoms with E-state index >= 15 is 0 Å². The van der Waals surface area contributed by atoms with Crippen LogP contribution in [0.4, 0.5) is 10.1 Å². The Morgan fingerprint density at radius 3 is 2.74 bits per heavy atom. The molecule has 0 bridgehead atoms. The van der Waals surface area contributed by atoms with Crippen molar-refractivity contribution < 1.29 is 18.7 Å². The van der Waals surface area contributed by atoms with Gasteiger partial charge in [-0.1, -0.05) is 12.1 Å². The van der Waals surface area contributed by atoms with Crippen molar-refractivity contribution in [1.82, 2.24) is 0 Å². The number of esters is 1. The van der Waals surface area contributed by atoms with E-state index in [-0.39, 0.29) is 5.56 Å². The van der Waals surface area contributed by atoms with Gasteiger partial charge < -0.3 is 9.64 Å². The van der Waals surface area contributed by atoms with Crippen molar-refractivity contribution in [3.05, 3.63) is 59.4 Å². The van der Waals surface area contributed by atoms with Gasteiger partial charge in [0.2, 0.25) is 0 Å². The number of amides is 1. The van der Waals surface area contributed by atoms with Crippen molar-refractivity contribution in [3.63, 3.8) is 0 Å². The molecular formula is C17H14FNO3S. The van der Waals surface area contributed by atoms with Crippen LogP contribution in [0.1, 0.15) is 20.7 Å². The largest absolute Gasteiger partial charge is 0.465 e. The van der Waals surface area contributed by atoms with Crippen LogP contribution in [0, 0.1) is 5.82 Å². The standard InChI is InChI=1S/C17H14FNO3S/c1-22-17(21)11-6-7-15-14(10-11)19(8-9-23-15)16(20)12-4-2-3-5-13(12)18/h2-7,10H,8-9H2,1H3. The van der Waals surface area contributed by atoms with Crippen molar-refractivity contribution in [3.8, 4) is 0 Å². The molecule has 0 N–H and O–H groups in total. The molecule has 0 aromatic heterocycles. The number of nitrogens with zero attached hydrogens (tertiary/aromatic N) is 1. The molecule has 1 heterocycles. The second-order valence-electron chi connectivity index (χ2n) is 4.96. The Labute approximate surface area is 137 Å². The molecule has 1 aliphatic heterocycles. The Bertz CT molecular complexity index is 778. The zero-order valence-electron chi connectivity index (χ0n) is 12.4. The lowest BCUT2D eigenvalue weighted by atomic mass is 10.1. The summed E-state index contributed by atoms with van der Waals surface area (Å²) in [6.07, 6.45) is 0. The lowest BCUT2D eigenvalue weighted by Gasteiger charge is -2.29. The highest BCUT2D eigenvalue weighted by Crippen LogP contribution is 2.36. The van der Waals surface area contributed by atoms with Crippen LogP contribution in [-0.4, -0.2) is 31.3 Å². The van der Waals surface area contributed by atoms with Crippen molar-refractivity contribution in [2.75, 3.05) is 24.3 Å². The van der Waals surface area contributed by atoms with Gasteiger partial charge in [0, 0.05) is 17.2 Å². The number of rotatable bonds is 2. The van der Waals surface area contributed by atoms with Crippen LogP contribution >= 0.6 is 11.8 Å². The van der Waals surface area contributed by atoms with Crippen molar-refractivity contribution in [2.24, 2.45) is 0 Å². The van der Waals surface area contributed by atoms with Gasteiger partial charge in [-0.2, -0.15) is 0 Å². The Hall–Kier alpha value is -2.34. The topological polar surface area (TPSA) is 46.6 Å². The van der Waals surface area contributed by atoms with Crippen LogP contribution in [0.25, 0.3) is 0 Å². The quantitative estimate of drug-likeness (QED) is 0.792. The van der Waals surface area contributed by atoms with E-state index in [1.807, 2.05) is 0 Å². The van der Waals surface area contributed by atoms with Gasteiger partial charge >= 0.3 is 5.97 Å². The molecule has 1 amide bonds. The van der Waals surface area contributed by atoms with Crippen molar-refractivity contribution >= 4 is 29.3 Å². The number of thioether (sulfide) groups is 1. The minimum absolute atomic E-state index is 0.0221. The Kier molecular flexibility index (Phi) is 4.34. The molecule has 0 aliphatic carbocycles. The van der Waals surface area contributed by atoms with Gasteiger partial charge in [0.15, 0.2) is 0 Å². The summed E-state index contributed by atoms with van der Waals surface area (Å²) in [5.74, 6) is -0.722. The lowest BCUT2D eigenvalue weighted by Crippen LogP contribution is -2.36. The van der Waals surface area contributed by atoms with Crippen LogP contribution in [0.15, 0.2) is 47.4 Å². The summed E-state index contributed by atoms with van der Waals surface area (Å²) in [4.78, 5) is 26.8. The molecule has 23 heavy (non-hydrogen) atoms. The fraction of sp³-hybridized carbons (Fsp3) is 0.176. The first-order valence-electron chi connectivity index (χ1n) is 7.03. The van der Waals surface area contributed by atoms with E-state index in [1.165, 1.54) is 24.1 Å². The number of hydrogen-bond acceptors (Lipinski definition) is 4. The predicted octanol–water partition coefficient (Wildman–Crippen LogP) is 3.36. The van der Waals surface area contributed by atoms with E-state index in [4.69, 9.17) is 4.74 Å². The average Bonchev–Trinajstić information content (AvgIpc) is 2.60. The van der Waals surface area contributed by atoms with Crippen molar-refractivity contribution in [1.29, 1.82) is 0 Å². The third-order valence-corrected chi connectivity index (χ3v) is 4.64. The number of benzene rings is 2. The van der Waals surface area contributed by atoms with E-state index in [9.17, 15) is 14.0 Å². The first kappa shape index (κ1) is 15.6. The fourth-order valence-electron chi connectivity index (χ4n) is 2.45. The average molecular weight is 331 g/mol. The van der Waals surface area contributed by atoms with Crippen LogP contribution in [-0.2, 0) is 4.74 Å². The second-order valence-corrected chi connectivity index (χ2v) is 6.10. The smallest absolute Gasteiger partial charge is 0.337 e. The van der Waals surface area contributed by atoms with E-state index in [1.54, 1.807) is 42.1 Å². The highest BCUT2D eigenvalue weighted by molar-refractivity contribution is 7.99. The third-order valence-electron chi connectivity index (χ3n) is 3.59. The molecule has 0 radical (unpaired) electrons. The van der Waals surface area contributed by atoms with Gasteiger partial charge in [0.05, 0.1) is 23.9 Å². The van der Waals surface area contributed by atoms with Gasteiger partial charge in [-0.05, 0) is 30.3 Å². The lowest BCUT2D eigenvalue weighted by molar-refractivity contribution is 0.0600. The summed E-state index contributed by atoms with van der Waals surface area (Å²) < 4.78 is 18.6. The summed E-state index contributed by atoms with van der Waals surface area (Å²) in [7, 11) is 1.30. The van der Waals surface area contributed by atoms with Crippen LogP contribution < -0.4 is 4.90 Å². The molecular weight excluding hydrogens is 317 g/mol. The summed E-state index contributed by atoms with van der Waals surface area (Å²) >= 11 is 1.60. The number of carbonyl (C=O) groups is 2. The molecule has 0 atom stereocenters. The molecule has 1 aliphatic rings. The number of ether oxygens (including phenoxy) is 1. The molecule has 0 saturated carbocycles. The van der Waals surface area contributed by atoms with Crippen molar-refractivity contribution in [2.45, 2.75) is 4.90 Å². The number of fused-ring (bicyclic) bond motifs is 1. The monoisotopic (exact) mass is 331 g/mol. The first-order chi connectivity index (χ1) is 11.1. The molecule has 0 unspecified atom stereocenters. The Morgan fingerprint density at radius 2 is 2.00 bits per heavy atom. The molecule has 3 rings (SSSR count). The Balaban J connectivity index is 2.02. The van der Waals surface area contributed by atoms with Gasteiger partial charge in [-0.3, -0.25) is 4.79 Å². The highest BCUT2D eigenvalue weighted by Gasteiger charge is 2.26. The van der Waals surface area contributed by atoms with Crippen LogP contribution in [0.2, 0.25) is 0 Å². The minimum Gasteiger partial charge on any atom is -0.465 e. The molecule has 118 valence electrons. The summed E-state index contributed by atoms with van der Waals surface area (Å²) in [5, 5.41) is 0. The molecule has 6 heteroatoms. The first-order valence-corrected chi connectivity index (χ1v) is 8.02. The summed E-state index contributed by atoms with van der Waals surface area (Å²) in [6, 6.07) is 11.0. The zero-order valence-corrected chi connectivity index (χ0v) is 13.2. The molecule has 2 aromatic carbocycles. The fourth-order valence-corrected chi connectivity index (χ4v) is 3.43.